The summed E-state index contributed by atoms with van der Waals surface area (Å²) in [7, 11) is 0. The van der Waals surface area contributed by atoms with Gasteiger partial charge in [-0.1, -0.05) is 25.4 Å². The molecule has 281 valence electrons. The van der Waals surface area contributed by atoms with Crippen molar-refractivity contribution in [1.82, 2.24) is 19.1 Å². The van der Waals surface area contributed by atoms with Crippen LogP contribution in [-0.2, 0) is 19.0 Å². The molecule has 0 spiro atoms. The summed E-state index contributed by atoms with van der Waals surface area (Å²) in [6.07, 6.45) is 3.26. The number of esters is 2. The summed E-state index contributed by atoms with van der Waals surface area (Å²) in [5.74, 6) is -1.22. The standard InChI is InChI=1S/C16H20N2O4.C16H22N2O3.C5H11ClO.B.Na.H/c1-9-12(15(21)22-16(3,4)5)11-7-6-8-17-13(11)18(9)10(2)14(19)20;1-10(9-19)18-11(2)13(15(20)21-16(3,4)5)12-7-6-8-17-14(12)18;1-5(2)3-7-4-6;;;/h6-8,10H,1-5H3,(H,19,20);6-8,10,19H,9H2,1-5H3;5H,3-4H2,1-2H3;;;/q;;;;+1;-1. The summed E-state index contributed by atoms with van der Waals surface area (Å²) in [6, 6.07) is 6.45. The zero-order valence-electron chi connectivity index (χ0n) is 33.9. The Morgan fingerprint density at radius 2 is 1.23 bits per heavy atom. The molecule has 0 aliphatic carbocycles. The van der Waals surface area contributed by atoms with Crippen LogP contribution in [0.3, 0.4) is 0 Å². The summed E-state index contributed by atoms with van der Waals surface area (Å²) in [5.41, 5.74) is 2.17. The van der Waals surface area contributed by atoms with Crippen molar-refractivity contribution in [3.63, 3.8) is 0 Å². The monoisotopic (exact) mass is 751 g/mol. The first-order valence-electron chi connectivity index (χ1n) is 16.5. The SMILES string of the molecule is CC(C)COCCl.Cc1c(C(=O)OC(C)(C)C)c2cccnc2n1C(C)C(=O)O.Cc1c(C(=O)OC(C)(C)C)c2cccnc2n1C(C)CO.[B].[H-].[Na+]. The van der Waals surface area contributed by atoms with Gasteiger partial charge in [0.2, 0.25) is 0 Å². The average molecular weight is 752 g/mol. The van der Waals surface area contributed by atoms with Crippen LogP contribution in [-0.4, -0.2) is 86.1 Å². The number of carboxylic acid groups (broad SMARTS) is 1. The number of rotatable bonds is 9. The molecule has 0 saturated carbocycles. The number of alkyl halides is 1. The van der Waals surface area contributed by atoms with Crippen LogP contribution in [0.25, 0.3) is 22.1 Å². The van der Waals surface area contributed by atoms with Crippen LogP contribution in [0.5, 0.6) is 0 Å². The van der Waals surface area contributed by atoms with E-state index in [1.54, 1.807) is 69.8 Å². The molecule has 2 unspecified atom stereocenters. The Kier molecular flexibility index (Phi) is 19.9. The van der Waals surface area contributed by atoms with Crippen molar-refractivity contribution in [2.75, 3.05) is 19.3 Å². The fourth-order valence-corrected chi connectivity index (χ4v) is 5.26. The third-order valence-electron chi connectivity index (χ3n) is 7.20. The fourth-order valence-electron chi connectivity index (χ4n) is 5.18. The van der Waals surface area contributed by atoms with Gasteiger partial charge in [-0.05, 0) is 99.4 Å². The van der Waals surface area contributed by atoms with Crippen LogP contribution in [0.2, 0.25) is 0 Å². The minimum Gasteiger partial charge on any atom is -1.00 e. The van der Waals surface area contributed by atoms with Crippen LogP contribution in [0, 0.1) is 19.8 Å². The summed E-state index contributed by atoms with van der Waals surface area (Å²) in [4.78, 5) is 44.9. The third kappa shape index (κ3) is 13.2. The minimum atomic E-state index is -0.985. The van der Waals surface area contributed by atoms with Crippen molar-refractivity contribution in [1.29, 1.82) is 0 Å². The van der Waals surface area contributed by atoms with Gasteiger partial charge < -0.3 is 35.0 Å². The van der Waals surface area contributed by atoms with E-state index < -0.39 is 29.2 Å². The van der Waals surface area contributed by atoms with Gasteiger partial charge >= 0.3 is 47.5 Å². The molecule has 0 aliphatic heterocycles. The predicted octanol–water partition coefficient (Wildman–Crippen LogP) is 4.39. The maximum absolute atomic E-state index is 12.5. The van der Waals surface area contributed by atoms with E-state index in [1.807, 2.05) is 45.3 Å². The molecule has 0 fully saturated rings. The number of aliphatic hydroxyl groups is 1. The summed E-state index contributed by atoms with van der Waals surface area (Å²) < 4.78 is 19.2. The Hall–Kier alpha value is -2.94. The van der Waals surface area contributed by atoms with Crippen molar-refractivity contribution in [2.24, 2.45) is 5.92 Å². The van der Waals surface area contributed by atoms with Crippen LogP contribution in [0.1, 0.15) is 115 Å². The van der Waals surface area contributed by atoms with Crippen LogP contribution in [0.15, 0.2) is 36.7 Å². The van der Waals surface area contributed by atoms with Crippen LogP contribution >= 0.6 is 11.6 Å². The number of aromatic nitrogens is 4. The average Bonchev–Trinajstić information content (AvgIpc) is 3.47. The molecule has 4 rings (SSSR count). The zero-order chi connectivity index (χ0) is 38.1. The molecule has 0 aliphatic rings. The molecule has 12 nitrogen and oxygen atoms in total. The van der Waals surface area contributed by atoms with E-state index in [1.165, 1.54) is 0 Å². The zero-order valence-corrected chi connectivity index (χ0v) is 35.7. The van der Waals surface area contributed by atoms with E-state index in [0.717, 1.165) is 17.7 Å². The van der Waals surface area contributed by atoms with Crippen molar-refractivity contribution in [3.05, 3.63) is 59.2 Å². The van der Waals surface area contributed by atoms with Crippen molar-refractivity contribution < 1.29 is 69.8 Å². The van der Waals surface area contributed by atoms with Crippen molar-refractivity contribution in [3.8, 4) is 0 Å². The number of pyridine rings is 2. The van der Waals surface area contributed by atoms with E-state index >= 15 is 0 Å². The van der Waals surface area contributed by atoms with Crippen molar-refractivity contribution in [2.45, 2.75) is 106 Å². The minimum absolute atomic E-state index is 0. The number of carbonyl (C=O) groups is 3. The number of aliphatic carboxylic acids is 1. The number of halogens is 1. The number of hydrogen-bond acceptors (Lipinski definition) is 9. The maximum Gasteiger partial charge on any atom is 1.00 e. The number of aliphatic hydroxyl groups excluding tert-OH is 1. The van der Waals surface area contributed by atoms with E-state index in [2.05, 4.69) is 23.8 Å². The van der Waals surface area contributed by atoms with Gasteiger partial charge in [-0.3, -0.25) is 0 Å². The second kappa shape index (κ2) is 21.1. The molecule has 4 heterocycles. The number of hydrogen-bond donors (Lipinski definition) is 2. The Bertz CT molecular complexity index is 1790. The van der Waals surface area contributed by atoms with E-state index in [9.17, 15) is 24.6 Å². The number of carbonyl (C=O) groups excluding carboxylic acids is 2. The molecule has 52 heavy (non-hydrogen) atoms. The Morgan fingerprint density at radius 3 is 1.56 bits per heavy atom. The topological polar surface area (TPSA) is 155 Å². The second-order valence-electron chi connectivity index (χ2n) is 14.3. The van der Waals surface area contributed by atoms with Gasteiger partial charge in [0.1, 0.15) is 34.6 Å². The number of fused-ring (bicyclic) bond motifs is 2. The predicted molar refractivity (Wildman–Crippen MR) is 202 cm³/mol. The van der Waals surface area contributed by atoms with Gasteiger partial charge in [0.05, 0.1) is 30.4 Å². The molecule has 0 amide bonds. The van der Waals surface area contributed by atoms with Gasteiger partial charge in [0.25, 0.3) is 0 Å². The molecule has 0 saturated heterocycles. The largest absolute Gasteiger partial charge is 1.00 e. The first-order chi connectivity index (χ1) is 23.2. The first kappa shape index (κ1) is 49.1. The Labute approximate surface area is 337 Å². The molecular formula is C37H54BClN4NaO8. The number of nitrogens with zero attached hydrogens (tertiary/aromatic N) is 4. The van der Waals surface area contributed by atoms with Crippen LogP contribution < -0.4 is 29.6 Å². The van der Waals surface area contributed by atoms with E-state index in [4.69, 9.17) is 25.8 Å². The normalized spacial score (nSPS) is 12.4. The molecule has 0 bridgehead atoms. The second-order valence-corrected chi connectivity index (χ2v) is 14.6. The molecule has 4 aromatic rings. The number of ether oxygens (including phenoxy) is 3. The first-order valence-corrected chi connectivity index (χ1v) is 17.0. The molecule has 3 radical (unpaired) electrons. The molecule has 0 aromatic carbocycles. The Morgan fingerprint density at radius 1 is 0.827 bits per heavy atom. The van der Waals surface area contributed by atoms with E-state index in [0.29, 0.717) is 45.5 Å². The summed E-state index contributed by atoms with van der Waals surface area (Å²) in [6.45, 7) is 22.8. The van der Waals surface area contributed by atoms with Crippen molar-refractivity contribution >= 4 is 60.0 Å². The van der Waals surface area contributed by atoms with Gasteiger partial charge in [0.15, 0.2) is 0 Å². The quantitative estimate of drug-likeness (QED) is 0.143. The molecule has 4 aromatic heterocycles. The van der Waals surface area contributed by atoms with Gasteiger partial charge in [0, 0.05) is 43.0 Å². The molecular weight excluding hydrogens is 698 g/mol. The van der Waals surface area contributed by atoms with Gasteiger partial charge in [-0.15, -0.1) is 0 Å². The molecule has 15 heteroatoms. The van der Waals surface area contributed by atoms with E-state index in [-0.39, 0.29) is 58.0 Å². The summed E-state index contributed by atoms with van der Waals surface area (Å²) in [5, 5.41) is 20.1. The molecule has 2 atom stereocenters. The maximum atomic E-state index is 12.5. The smallest absolute Gasteiger partial charge is 1.00 e. The third-order valence-corrected chi connectivity index (χ3v) is 7.35. The van der Waals surface area contributed by atoms with Gasteiger partial charge in [-0.2, -0.15) is 0 Å². The summed E-state index contributed by atoms with van der Waals surface area (Å²) >= 11 is 5.22. The van der Waals surface area contributed by atoms with Crippen LogP contribution in [0.4, 0.5) is 0 Å². The number of carboxylic acids is 1. The fraction of sp³-hybridized carbons (Fsp3) is 0.541. The Balaban J connectivity index is 0. The van der Waals surface area contributed by atoms with Gasteiger partial charge in [-0.25, -0.2) is 24.4 Å². The molecule has 2 N–H and O–H groups in total.